The van der Waals surface area contributed by atoms with Crippen LogP contribution in [0.25, 0.3) is 0 Å². The van der Waals surface area contributed by atoms with E-state index in [1.807, 2.05) is 60.7 Å². The van der Waals surface area contributed by atoms with Crippen molar-refractivity contribution in [1.82, 2.24) is 15.3 Å². The van der Waals surface area contributed by atoms with Crippen LogP contribution in [0.2, 0.25) is 0 Å². The lowest BCUT2D eigenvalue weighted by Crippen LogP contribution is -2.34. The van der Waals surface area contributed by atoms with Gasteiger partial charge in [-0.05, 0) is 54.1 Å². The standard InChI is InChI=1S/C24H21N5O2/c25-22(17-7-2-1-3-8-17)29-23(30)20-9-6-16-27-24(20)31-19-13-11-18(12-14-19)28-21-10-4-5-15-26-21/h1-16,22H,25H2,(H,26,28)(H,29,30). The van der Waals surface area contributed by atoms with Gasteiger partial charge in [0.05, 0.1) is 0 Å². The molecule has 4 rings (SSSR count). The number of amides is 1. The largest absolute Gasteiger partial charge is 0.438 e. The lowest BCUT2D eigenvalue weighted by Gasteiger charge is -2.15. The SMILES string of the molecule is NC(NC(=O)c1cccnc1Oc1ccc(Nc2ccccn2)cc1)c1ccccc1. The summed E-state index contributed by atoms with van der Waals surface area (Å²) in [5.41, 5.74) is 8.07. The van der Waals surface area contributed by atoms with Gasteiger partial charge in [-0.2, -0.15) is 0 Å². The van der Waals surface area contributed by atoms with Crippen LogP contribution < -0.4 is 21.1 Å². The lowest BCUT2D eigenvalue weighted by atomic mass is 10.1. The average Bonchev–Trinajstić information content (AvgIpc) is 2.82. The van der Waals surface area contributed by atoms with Crippen molar-refractivity contribution in [2.75, 3.05) is 5.32 Å². The summed E-state index contributed by atoms with van der Waals surface area (Å²) in [5, 5.41) is 5.98. The highest BCUT2D eigenvalue weighted by atomic mass is 16.5. The molecule has 0 saturated heterocycles. The molecule has 1 atom stereocenters. The summed E-state index contributed by atoms with van der Waals surface area (Å²) in [4.78, 5) is 21.2. The Morgan fingerprint density at radius 3 is 2.32 bits per heavy atom. The first-order valence-electron chi connectivity index (χ1n) is 9.71. The molecule has 2 aromatic carbocycles. The zero-order valence-corrected chi connectivity index (χ0v) is 16.6. The van der Waals surface area contributed by atoms with E-state index in [2.05, 4.69) is 20.6 Å². The fraction of sp³-hybridized carbons (Fsp3) is 0.0417. The minimum absolute atomic E-state index is 0.200. The van der Waals surface area contributed by atoms with E-state index in [0.717, 1.165) is 17.1 Å². The fourth-order valence-electron chi connectivity index (χ4n) is 2.91. The van der Waals surface area contributed by atoms with Gasteiger partial charge in [-0.3, -0.25) is 4.79 Å². The van der Waals surface area contributed by atoms with Crippen molar-refractivity contribution in [3.05, 3.63) is 108 Å². The maximum absolute atomic E-state index is 12.8. The molecule has 31 heavy (non-hydrogen) atoms. The molecule has 0 aliphatic carbocycles. The number of pyridine rings is 2. The van der Waals surface area contributed by atoms with E-state index in [-0.39, 0.29) is 11.8 Å². The van der Waals surface area contributed by atoms with Gasteiger partial charge in [0.1, 0.15) is 23.3 Å². The minimum atomic E-state index is -0.640. The molecule has 4 aromatic rings. The van der Waals surface area contributed by atoms with Gasteiger partial charge in [-0.1, -0.05) is 36.4 Å². The molecule has 0 aliphatic rings. The molecule has 1 amide bonds. The molecule has 2 aromatic heterocycles. The van der Waals surface area contributed by atoms with Crippen LogP contribution in [0.4, 0.5) is 11.5 Å². The Morgan fingerprint density at radius 1 is 0.839 bits per heavy atom. The number of anilines is 2. The summed E-state index contributed by atoms with van der Waals surface area (Å²) < 4.78 is 5.87. The Kier molecular flexibility index (Phi) is 6.16. The molecular weight excluding hydrogens is 390 g/mol. The minimum Gasteiger partial charge on any atom is -0.438 e. The molecular formula is C24H21N5O2. The number of nitrogens with zero attached hydrogens (tertiary/aromatic N) is 2. The maximum atomic E-state index is 12.8. The Morgan fingerprint density at radius 2 is 1.58 bits per heavy atom. The smallest absolute Gasteiger partial charge is 0.258 e. The highest BCUT2D eigenvalue weighted by Gasteiger charge is 2.17. The maximum Gasteiger partial charge on any atom is 0.258 e. The number of rotatable bonds is 7. The topological polar surface area (TPSA) is 102 Å². The number of hydrogen-bond acceptors (Lipinski definition) is 6. The first kappa shape index (κ1) is 20.1. The van der Waals surface area contributed by atoms with Crippen LogP contribution in [0.15, 0.2) is 97.3 Å². The number of nitrogens with two attached hydrogens (primary N) is 1. The second kappa shape index (κ2) is 9.51. The van der Waals surface area contributed by atoms with Gasteiger partial charge in [0.2, 0.25) is 5.88 Å². The monoisotopic (exact) mass is 411 g/mol. The van der Waals surface area contributed by atoms with Crippen molar-refractivity contribution >= 4 is 17.4 Å². The molecule has 0 saturated carbocycles. The second-order valence-corrected chi connectivity index (χ2v) is 6.68. The van der Waals surface area contributed by atoms with Crippen LogP contribution in [0.3, 0.4) is 0 Å². The number of nitrogens with one attached hydrogen (secondary N) is 2. The Bertz CT molecular complexity index is 1140. The molecule has 0 aliphatic heterocycles. The molecule has 2 heterocycles. The van der Waals surface area contributed by atoms with Crippen LogP contribution in [-0.2, 0) is 0 Å². The Balaban J connectivity index is 1.45. The van der Waals surface area contributed by atoms with E-state index in [4.69, 9.17) is 10.5 Å². The third kappa shape index (κ3) is 5.23. The zero-order valence-electron chi connectivity index (χ0n) is 16.6. The van der Waals surface area contributed by atoms with Crippen LogP contribution in [0.1, 0.15) is 22.1 Å². The molecule has 1 unspecified atom stereocenters. The summed E-state index contributed by atoms with van der Waals surface area (Å²) in [5.74, 6) is 1.12. The van der Waals surface area contributed by atoms with E-state index in [1.165, 1.54) is 0 Å². The van der Waals surface area contributed by atoms with Gasteiger partial charge in [0.25, 0.3) is 5.91 Å². The molecule has 4 N–H and O–H groups in total. The highest BCUT2D eigenvalue weighted by Crippen LogP contribution is 2.25. The van der Waals surface area contributed by atoms with Gasteiger partial charge in [0.15, 0.2) is 0 Å². The van der Waals surface area contributed by atoms with Gasteiger partial charge >= 0.3 is 0 Å². The Labute approximate surface area is 179 Å². The van der Waals surface area contributed by atoms with Crippen LogP contribution in [0.5, 0.6) is 11.6 Å². The number of ether oxygens (including phenoxy) is 1. The molecule has 0 bridgehead atoms. The number of benzene rings is 2. The summed E-state index contributed by atoms with van der Waals surface area (Å²) in [6, 6.07) is 25.6. The number of aromatic nitrogens is 2. The normalized spacial score (nSPS) is 11.4. The molecule has 7 heteroatoms. The molecule has 0 radical (unpaired) electrons. The molecule has 154 valence electrons. The van der Waals surface area contributed by atoms with Crippen molar-refractivity contribution in [1.29, 1.82) is 0 Å². The fourth-order valence-corrected chi connectivity index (χ4v) is 2.91. The van der Waals surface area contributed by atoms with Gasteiger partial charge in [-0.15, -0.1) is 0 Å². The van der Waals surface area contributed by atoms with Gasteiger partial charge in [-0.25, -0.2) is 9.97 Å². The van der Waals surface area contributed by atoms with E-state index in [0.29, 0.717) is 11.3 Å². The van der Waals surface area contributed by atoms with Crippen molar-refractivity contribution in [2.45, 2.75) is 6.17 Å². The van der Waals surface area contributed by atoms with Crippen LogP contribution in [0, 0.1) is 0 Å². The van der Waals surface area contributed by atoms with Crippen molar-refractivity contribution < 1.29 is 9.53 Å². The zero-order chi connectivity index (χ0) is 21.5. The van der Waals surface area contributed by atoms with Crippen LogP contribution >= 0.6 is 0 Å². The van der Waals surface area contributed by atoms with Crippen molar-refractivity contribution in [3.63, 3.8) is 0 Å². The van der Waals surface area contributed by atoms with Gasteiger partial charge < -0.3 is 21.1 Å². The van der Waals surface area contributed by atoms with Gasteiger partial charge in [0, 0.05) is 18.1 Å². The average molecular weight is 411 g/mol. The van der Waals surface area contributed by atoms with E-state index in [9.17, 15) is 4.79 Å². The van der Waals surface area contributed by atoms with E-state index in [1.54, 1.807) is 36.7 Å². The lowest BCUT2D eigenvalue weighted by molar-refractivity contribution is 0.0935. The number of carbonyl (C=O) groups is 1. The first-order chi connectivity index (χ1) is 15.2. The predicted octanol–water partition coefficient (Wildman–Crippen LogP) is 4.40. The summed E-state index contributed by atoms with van der Waals surface area (Å²) in [7, 11) is 0. The van der Waals surface area contributed by atoms with Crippen molar-refractivity contribution in [2.24, 2.45) is 5.73 Å². The number of hydrogen-bond donors (Lipinski definition) is 3. The molecule has 7 nitrogen and oxygen atoms in total. The highest BCUT2D eigenvalue weighted by molar-refractivity contribution is 5.96. The third-order valence-corrected chi connectivity index (χ3v) is 4.47. The summed E-state index contributed by atoms with van der Waals surface area (Å²) in [6.45, 7) is 0. The third-order valence-electron chi connectivity index (χ3n) is 4.47. The quantitative estimate of drug-likeness (QED) is 0.390. The van der Waals surface area contributed by atoms with E-state index < -0.39 is 6.17 Å². The molecule has 0 spiro atoms. The van der Waals surface area contributed by atoms with E-state index >= 15 is 0 Å². The Hall–Kier alpha value is -4.23. The molecule has 0 fully saturated rings. The second-order valence-electron chi connectivity index (χ2n) is 6.68. The number of carbonyl (C=O) groups excluding carboxylic acids is 1. The predicted molar refractivity (Wildman–Crippen MR) is 119 cm³/mol. The summed E-state index contributed by atoms with van der Waals surface area (Å²) in [6.07, 6.45) is 2.65. The van der Waals surface area contributed by atoms with Crippen molar-refractivity contribution in [3.8, 4) is 11.6 Å². The summed E-state index contributed by atoms with van der Waals surface area (Å²) >= 11 is 0. The van der Waals surface area contributed by atoms with Crippen LogP contribution in [-0.4, -0.2) is 15.9 Å². The first-order valence-corrected chi connectivity index (χ1v) is 9.71.